The summed E-state index contributed by atoms with van der Waals surface area (Å²) in [5.74, 6) is 2.01. The molecule has 0 bridgehead atoms. The van der Waals surface area contributed by atoms with Crippen LogP contribution >= 0.6 is 11.6 Å². The van der Waals surface area contributed by atoms with Gasteiger partial charge in [0.15, 0.2) is 5.82 Å². The SMILES string of the molecule is CC(C)c1cc(C(C)C)n2nc(CCCOc3ccc(Cl)c(F)c3)nc2n1. The van der Waals surface area contributed by atoms with Crippen molar-refractivity contribution in [3.63, 3.8) is 0 Å². The molecule has 0 spiro atoms. The molecule has 0 saturated carbocycles. The molecule has 0 radical (unpaired) electrons. The molecule has 0 unspecified atom stereocenters. The standard InChI is InChI=1S/C20H24ClFN4O/c1-12(2)17-11-18(13(3)4)26-20(23-17)24-19(25-26)6-5-9-27-14-7-8-15(21)16(22)10-14/h7-8,10-13H,5-6,9H2,1-4H3. The number of nitrogens with zero attached hydrogens (tertiary/aromatic N) is 4. The van der Waals surface area contributed by atoms with E-state index in [9.17, 15) is 4.39 Å². The van der Waals surface area contributed by atoms with Crippen LogP contribution in [0.2, 0.25) is 5.02 Å². The van der Waals surface area contributed by atoms with Crippen molar-refractivity contribution >= 4 is 17.4 Å². The first-order valence-electron chi connectivity index (χ1n) is 9.19. The Hall–Kier alpha value is -2.21. The number of aromatic nitrogens is 4. The molecule has 0 atom stereocenters. The van der Waals surface area contributed by atoms with E-state index in [1.807, 2.05) is 4.52 Å². The molecule has 0 amide bonds. The largest absolute Gasteiger partial charge is 0.493 e. The van der Waals surface area contributed by atoms with Crippen molar-refractivity contribution in [2.75, 3.05) is 6.61 Å². The van der Waals surface area contributed by atoms with Crippen molar-refractivity contribution in [2.24, 2.45) is 0 Å². The molecule has 5 nitrogen and oxygen atoms in total. The van der Waals surface area contributed by atoms with Crippen molar-refractivity contribution in [2.45, 2.75) is 52.4 Å². The first kappa shape index (κ1) is 19.5. The van der Waals surface area contributed by atoms with Crippen LogP contribution in [-0.4, -0.2) is 26.2 Å². The van der Waals surface area contributed by atoms with E-state index in [1.54, 1.807) is 6.07 Å². The Bertz CT molecular complexity index is 939. The van der Waals surface area contributed by atoms with E-state index < -0.39 is 5.82 Å². The predicted octanol–water partition coefficient (Wildman–Crippen LogP) is 5.18. The zero-order valence-corrected chi connectivity index (χ0v) is 16.8. The number of halogens is 2. The van der Waals surface area contributed by atoms with Crippen LogP contribution in [0.15, 0.2) is 24.3 Å². The van der Waals surface area contributed by atoms with E-state index in [2.05, 4.69) is 48.8 Å². The predicted molar refractivity (Wildman–Crippen MR) is 104 cm³/mol. The van der Waals surface area contributed by atoms with Crippen LogP contribution in [-0.2, 0) is 6.42 Å². The highest BCUT2D eigenvalue weighted by Crippen LogP contribution is 2.22. The number of hydrogen-bond acceptors (Lipinski definition) is 4. The Labute approximate surface area is 163 Å². The van der Waals surface area contributed by atoms with Crippen LogP contribution in [0.5, 0.6) is 5.75 Å². The highest BCUT2D eigenvalue weighted by atomic mass is 35.5. The molecular weight excluding hydrogens is 367 g/mol. The smallest absolute Gasteiger partial charge is 0.252 e. The number of hydrogen-bond donors (Lipinski definition) is 0. The molecule has 0 N–H and O–H groups in total. The van der Waals surface area contributed by atoms with Gasteiger partial charge in [0.25, 0.3) is 5.78 Å². The molecule has 2 aromatic heterocycles. The monoisotopic (exact) mass is 390 g/mol. The first-order valence-corrected chi connectivity index (χ1v) is 9.57. The van der Waals surface area contributed by atoms with Gasteiger partial charge in [-0.25, -0.2) is 13.9 Å². The molecule has 0 aliphatic carbocycles. The van der Waals surface area contributed by atoms with Crippen LogP contribution in [0.25, 0.3) is 5.78 Å². The fourth-order valence-electron chi connectivity index (χ4n) is 2.75. The van der Waals surface area contributed by atoms with Crippen molar-refractivity contribution in [1.82, 2.24) is 19.6 Å². The Kier molecular flexibility index (Phi) is 5.95. The van der Waals surface area contributed by atoms with Crippen molar-refractivity contribution < 1.29 is 9.13 Å². The fourth-order valence-corrected chi connectivity index (χ4v) is 2.87. The molecule has 144 valence electrons. The van der Waals surface area contributed by atoms with Gasteiger partial charge in [0.05, 0.1) is 17.3 Å². The van der Waals surface area contributed by atoms with Crippen molar-refractivity contribution in [1.29, 1.82) is 0 Å². The van der Waals surface area contributed by atoms with E-state index in [-0.39, 0.29) is 5.02 Å². The Morgan fingerprint density at radius 1 is 1.11 bits per heavy atom. The van der Waals surface area contributed by atoms with Crippen LogP contribution in [0, 0.1) is 5.82 Å². The molecular formula is C20H24ClFN4O. The van der Waals surface area contributed by atoms with Crippen molar-refractivity contribution in [3.8, 4) is 5.75 Å². The van der Waals surface area contributed by atoms with E-state index in [0.717, 1.165) is 23.6 Å². The lowest BCUT2D eigenvalue weighted by Gasteiger charge is -2.11. The number of ether oxygens (including phenoxy) is 1. The molecule has 7 heteroatoms. The van der Waals surface area contributed by atoms with Gasteiger partial charge in [0, 0.05) is 18.2 Å². The van der Waals surface area contributed by atoms with Crippen LogP contribution in [0.4, 0.5) is 4.39 Å². The topological polar surface area (TPSA) is 52.3 Å². The van der Waals surface area contributed by atoms with Gasteiger partial charge in [0.2, 0.25) is 0 Å². The summed E-state index contributed by atoms with van der Waals surface area (Å²) < 4.78 is 20.8. The molecule has 3 rings (SSSR count). The third-order valence-corrected chi connectivity index (χ3v) is 4.60. The van der Waals surface area contributed by atoms with Gasteiger partial charge in [-0.1, -0.05) is 39.3 Å². The Morgan fingerprint density at radius 3 is 2.56 bits per heavy atom. The molecule has 0 fully saturated rings. The highest BCUT2D eigenvalue weighted by molar-refractivity contribution is 6.30. The van der Waals surface area contributed by atoms with Crippen LogP contribution < -0.4 is 4.74 Å². The van der Waals surface area contributed by atoms with E-state index in [4.69, 9.17) is 16.3 Å². The van der Waals surface area contributed by atoms with E-state index in [1.165, 1.54) is 12.1 Å². The Morgan fingerprint density at radius 2 is 1.89 bits per heavy atom. The van der Waals surface area contributed by atoms with Gasteiger partial charge in [-0.05, 0) is 36.5 Å². The lowest BCUT2D eigenvalue weighted by atomic mass is 10.1. The lowest BCUT2D eigenvalue weighted by Crippen LogP contribution is -2.06. The van der Waals surface area contributed by atoms with Gasteiger partial charge in [-0.15, -0.1) is 5.10 Å². The third-order valence-electron chi connectivity index (χ3n) is 4.29. The summed E-state index contributed by atoms with van der Waals surface area (Å²) in [4.78, 5) is 9.21. The van der Waals surface area contributed by atoms with Gasteiger partial charge >= 0.3 is 0 Å². The van der Waals surface area contributed by atoms with Gasteiger partial charge in [0.1, 0.15) is 11.6 Å². The second-order valence-electron chi connectivity index (χ2n) is 7.18. The zero-order chi connectivity index (χ0) is 19.6. The zero-order valence-electron chi connectivity index (χ0n) is 16.0. The molecule has 2 heterocycles. The van der Waals surface area contributed by atoms with Crippen molar-refractivity contribution in [3.05, 3.63) is 52.3 Å². The molecule has 27 heavy (non-hydrogen) atoms. The number of aryl methyl sites for hydroxylation is 1. The van der Waals surface area contributed by atoms with Crippen LogP contribution in [0.3, 0.4) is 0 Å². The highest BCUT2D eigenvalue weighted by Gasteiger charge is 2.15. The summed E-state index contributed by atoms with van der Waals surface area (Å²) in [7, 11) is 0. The molecule has 0 aliphatic heterocycles. The first-order chi connectivity index (χ1) is 12.8. The summed E-state index contributed by atoms with van der Waals surface area (Å²) >= 11 is 5.67. The maximum atomic E-state index is 13.4. The summed E-state index contributed by atoms with van der Waals surface area (Å²) in [5.41, 5.74) is 2.13. The third kappa shape index (κ3) is 4.56. The molecule has 0 aliphatic rings. The summed E-state index contributed by atoms with van der Waals surface area (Å²) in [6.45, 7) is 8.96. The van der Waals surface area contributed by atoms with Crippen LogP contribution in [0.1, 0.15) is 63.2 Å². The second-order valence-corrected chi connectivity index (χ2v) is 7.59. The second kappa shape index (κ2) is 8.21. The number of rotatable bonds is 7. The minimum atomic E-state index is -0.482. The minimum Gasteiger partial charge on any atom is -0.493 e. The van der Waals surface area contributed by atoms with E-state index in [0.29, 0.717) is 36.4 Å². The van der Waals surface area contributed by atoms with Gasteiger partial charge in [-0.2, -0.15) is 4.98 Å². The quantitative estimate of drug-likeness (QED) is 0.522. The summed E-state index contributed by atoms with van der Waals surface area (Å²) in [6.07, 6.45) is 1.38. The Balaban J connectivity index is 1.68. The average Bonchev–Trinajstić information content (AvgIpc) is 3.03. The summed E-state index contributed by atoms with van der Waals surface area (Å²) in [6, 6.07) is 6.54. The molecule has 0 saturated heterocycles. The minimum absolute atomic E-state index is 0.0884. The molecule has 1 aromatic carbocycles. The fraction of sp³-hybridized carbons (Fsp3) is 0.450. The average molecular weight is 391 g/mol. The van der Waals surface area contributed by atoms with Gasteiger partial charge < -0.3 is 4.74 Å². The lowest BCUT2D eigenvalue weighted by molar-refractivity contribution is 0.308. The number of fused-ring (bicyclic) bond motifs is 1. The summed E-state index contributed by atoms with van der Waals surface area (Å²) in [5, 5.41) is 4.70. The number of benzene rings is 1. The maximum Gasteiger partial charge on any atom is 0.252 e. The van der Waals surface area contributed by atoms with E-state index >= 15 is 0 Å². The molecule has 3 aromatic rings. The normalized spacial score (nSPS) is 11.7. The maximum absolute atomic E-state index is 13.4. The van der Waals surface area contributed by atoms with Gasteiger partial charge in [-0.3, -0.25) is 0 Å².